The second-order valence-corrected chi connectivity index (χ2v) is 4.14. The molecule has 1 aliphatic heterocycles. The maximum absolute atomic E-state index is 11.8. The Morgan fingerprint density at radius 1 is 1.53 bits per heavy atom. The van der Waals surface area contributed by atoms with E-state index in [4.69, 9.17) is 4.74 Å². The van der Waals surface area contributed by atoms with Crippen molar-refractivity contribution in [3.05, 3.63) is 30.1 Å². The van der Waals surface area contributed by atoms with Gasteiger partial charge < -0.3 is 15.4 Å². The van der Waals surface area contributed by atoms with Crippen LogP contribution in [0.4, 0.5) is 0 Å². The first kappa shape index (κ1) is 12.0. The summed E-state index contributed by atoms with van der Waals surface area (Å²) in [5, 5.41) is 6.17. The molecule has 0 radical (unpaired) electrons. The van der Waals surface area contributed by atoms with Crippen LogP contribution < -0.4 is 10.6 Å². The number of methoxy groups -OCH3 is 1. The molecule has 0 aliphatic carbocycles. The maximum atomic E-state index is 11.8. The van der Waals surface area contributed by atoms with Gasteiger partial charge in [0.15, 0.2) is 0 Å². The first-order valence-corrected chi connectivity index (χ1v) is 5.71. The predicted molar refractivity (Wildman–Crippen MR) is 63.5 cm³/mol. The summed E-state index contributed by atoms with van der Waals surface area (Å²) in [5.41, 5.74) is 0.970. The Morgan fingerprint density at radius 2 is 2.29 bits per heavy atom. The zero-order valence-corrected chi connectivity index (χ0v) is 9.85. The lowest BCUT2D eigenvalue weighted by atomic mass is 10.1. The third-order valence-electron chi connectivity index (χ3n) is 2.92. The molecule has 0 saturated carbocycles. The summed E-state index contributed by atoms with van der Waals surface area (Å²) in [6.07, 6.45) is 3.83. The molecule has 2 heterocycles. The molecule has 5 heteroatoms. The average Bonchev–Trinajstić information content (AvgIpc) is 2.77. The van der Waals surface area contributed by atoms with Gasteiger partial charge in [0.1, 0.15) is 0 Å². The van der Waals surface area contributed by atoms with Gasteiger partial charge in [-0.2, -0.15) is 0 Å². The second kappa shape index (κ2) is 5.75. The van der Waals surface area contributed by atoms with Crippen molar-refractivity contribution in [3.63, 3.8) is 0 Å². The van der Waals surface area contributed by atoms with E-state index in [0.29, 0.717) is 6.42 Å². The lowest BCUT2D eigenvalue weighted by Gasteiger charge is -2.18. The Balaban J connectivity index is 1.85. The van der Waals surface area contributed by atoms with E-state index in [1.165, 1.54) is 0 Å². The van der Waals surface area contributed by atoms with Crippen molar-refractivity contribution < 1.29 is 9.53 Å². The Morgan fingerprint density at radius 3 is 3.00 bits per heavy atom. The van der Waals surface area contributed by atoms with E-state index in [1.807, 2.05) is 12.1 Å². The predicted octanol–water partition coefficient (Wildman–Crippen LogP) is -0.273. The minimum Gasteiger partial charge on any atom is -0.378 e. The van der Waals surface area contributed by atoms with Gasteiger partial charge in [-0.25, -0.2) is 0 Å². The van der Waals surface area contributed by atoms with E-state index in [0.717, 1.165) is 18.7 Å². The Bertz CT molecular complexity index is 369. The second-order valence-electron chi connectivity index (χ2n) is 4.14. The molecule has 5 nitrogen and oxygen atoms in total. The fraction of sp³-hybridized carbons (Fsp3) is 0.500. The molecule has 17 heavy (non-hydrogen) atoms. The molecule has 0 aromatic carbocycles. The van der Waals surface area contributed by atoms with Crippen molar-refractivity contribution in [2.75, 3.05) is 20.2 Å². The molecule has 1 aromatic heterocycles. The third kappa shape index (κ3) is 3.25. The Labute approximate surface area is 101 Å². The molecular weight excluding hydrogens is 218 g/mol. The number of carbonyl (C=O) groups excluding carboxylic acids is 1. The largest absolute Gasteiger partial charge is 0.378 e. The van der Waals surface area contributed by atoms with Gasteiger partial charge in [0, 0.05) is 32.6 Å². The summed E-state index contributed by atoms with van der Waals surface area (Å²) in [6, 6.07) is 3.76. The van der Waals surface area contributed by atoms with Crippen molar-refractivity contribution in [2.24, 2.45) is 0 Å². The Hall–Kier alpha value is -1.46. The van der Waals surface area contributed by atoms with Crippen LogP contribution in [0.3, 0.4) is 0 Å². The van der Waals surface area contributed by atoms with Crippen molar-refractivity contribution >= 4 is 5.91 Å². The van der Waals surface area contributed by atoms with E-state index in [9.17, 15) is 4.79 Å². The summed E-state index contributed by atoms with van der Waals surface area (Å²) in [7, 11) is 1.67. The molecule has 92 valence electrons. The SMILES string of the molecule is CO[C@@H]1CNCC1NC(=O)Cc1ccncc1. The number of amides is 1. The van der Waals surface area contributed by atoms with Gasteiger partial charge in [-0.1, -0.05) is 0 Å². The van der Waals surface area contributed by atoms with Crippen LogP contribution in [0.15, 0.2) is 24.5 Å². The van der Waals surface area contributed by atoms with Crippen molar-refractivity contribution in [1.82, 2.24) is 15.6 Å². The summed E-state index contributed by atoms with van der Waals surface area (Å²) in [4.78, 5) is 15.7. The van der Waals surface area contributed by atoms with Crippen LogP contribution in [-0.4, -0.2) is 43.2 Å². The number of hydrogen-bond acceptors (Lipinski definition) is 4. The summed E-state index contributed by atoms with van der Waals surface area (Å²) >= 11 is 0. The third-order valence-corrected chi connectivity index (χ3v) is 2.92. The highest BCUT2D eigenvalue weighted by molar-refractivity contribution is 5.78. The molecule has 1 aromatic rings. The first-order valence-electron chi connectivity index (χ1n) is 5.71. The van der Waals surface area contributed by atoms with Gasteiger partial charge in [-0.3, -0.25) is 9.78 Å². The van der Waals surface area contributed by atoms with Gasteiger partial charge in [0.05, 0.1) is 18.6 Å². The van der Waals surface area contributed by atoms with Crippen LogP contribution in [0.1, 0.15) is 5.56 Å². The van der Waals surface area contributed by atoms with Crippen LogP contribution in [0, 0.1) is 0 Å². The molecule has 1 amide bonds. The number of nitrogens with zero attached hydrogens (tertiary/aromatic N) is 1. The molecule has 1 aliphatic rings. The number of rotatable bonds is 4. The van der Waals surface area contributed by atoms with E-state index in [-0.39, 0.29) is 18.1 Å². The molecule has 1 fully saturated rings. The van der Waals surface area contributed by atoms with E-state index in [1.54, 1.807) is 19.5 Å². The number of nitrogens with one attached hydrogen (secondary N) is 2. The van der Waals surface area contributed by atoms with Crippen LogP contribution in [0.2, 0.25) is 0 Å². The first-order chi connectivity index (χ1) is 8.29. The van der Waals surface area contributed by atoms with Crippen molar-refractivity contribution in [2.45, 2.75) is 18.6 Å². The summed E-state index contributed by atoms with van der Waals surface area (Å²) in [5.74, 6) is 0.0203. The quantitative estimate of drug-likeness (QED) is 0.754. The topological polar surface area (TPSA) is 63.2 Å². The average molecular weight is 235 g/mol. The van der Waals surface area contributed by atoms with Crippen LogP contribution in [0.5, 0.6) is 0 Å². The van der Waals surface area contributed by atoms with Gasteiger partial charge in [0.25, 0.3) is 0 Å². The highest BCUT2D eigenvalue weighted by Gasteiger charge is 2.27. The van der Waals surface area contributed by atoms with Gasteiger partial charge in [0.2, 0.25) is 5.91 Å². The lowest BCUT2D eigenvalue weighted by Crippen LogP contribution is -2.44. The molecule has 1 saturated heterocycles. The van der Waals surface area contributed by atoms with Gasteiger partial charge >= 0.3 is 0 Å². The minimum atomic E-state index is 0.0203. The normalized spacial score (nSPS) is 23.6. The molecule has 2 rings (SSSR count). The van der Waals surface area contributed by atoms with Gasteiger partial charge in [-0.15, -0.1) is 0 Å². The fourth-order valence-electron chi connectivity index (χ4n) is 1.99. The van der Waals surface area contributed by atoms with E-state index in [2.05, 4.69) is 15.6 Å². The number of pyridine rings is 1. The highest BCUT2D eigenvalue weighted by Crippen LogP contribution is 2.04. The highest BCUT2D eigenvalue weighted by atomic mass is 16.5. The van der Waals surface area contributed by atoms with Crippen LogP contribution >= 0.6 is 0 Å². The van der Waals surface area contributed by atoms with Crippen LogP contribution in [0.25, 0.3) is 0 Å². The lowest BCUT2D eigenvalue weighted by molar-refractivity contribution is -0.121. The molecule has 2 N–H and O–H groups in total. The monoisotopic (exact) mass is 235 g/mol. The fourth-order valence-corrected chi connectivity index (χ4v) is 1.99. The van der Waals surface area contributed by atoms with Crippen molar-refractivity contribution in [1.29, 1.82) is 0 Å². The summed E-state index contributed by atoms with van der Waals surface area (Å²) in [6.45, 7) is 1.55. The number of ether oxygens (including phenoxy) is 1. The standard InChI is InChI=1S/C12H17N3O2/c1-17-11-8-14-7-10(11)15-12(16)6-9-2-4-13-5-3-9/h2-5,10-11,14H,6-8H2,1H3,(H,15,16)/t10?,11-/m1/s1. The van der Waals surface area contributed by atoms with E-state index >= 15 is 0 Å². The zero-order valence-electron chi connectivity index (χ0n) is 9.85. The molecule has 0 spiro atoms. The van der Waals surface area contributed by atoms with E-state index < -0.39 is 0 Å². The maximum Gasteiger partial charge on any atom is 0.224 e. The number of hydrogen-bond donors (Lipinski definition) is 2. The van der Waals surface area contributed by atoms with Crippen LogP contribution in [-0.2, 0) is 16.0 Å². The number of carbonyl (C=O) groups is 1. The number of aromatic nitrogens is 1. The summed E-state index contributed by atoms with van der Waals surface area (Å²) < 4.78 is 5.29. The zero-order chi connectivity index (χ0) is 12.1. The van der Waals surface area contributed by atoms with Crippen molar-refractivity contribution in [3.8, 4) is 0 Å². The van der Waals surface area contributed by atoms with Gasteiger partial charge in [-0.05, 0) is 17.7 Å². The molecule has 2 atom stereocenters. The Kier molecular flexibility index (Phi) is 4.06. The smallest absolute Gasteiger partial charge is 0.224 e. The molecule has 0 bridgehead atoms. The minimum absolute atomic E-state index is 0.0203. The molecule has 1 unspecified atom stereocenters. The molecular formula is C12H17N3O2.